The minimum absolute atomic E-state index is 0.296. The number of carbonyl (C=O) groups excluding carboxylic acids is 1. The molecule has 0 radical (unpaired) electrons. The SMILES string of the molecule is Cc1cc(/C=N\NC(=O)C(O)(c2ccccc2)c2ccccc2)c(C)n1-c1ccc(F)cc1. The van der Waals surface area contributed by atoms with Crippen molar-refractivity contribution in [3.05, 3.63) is 125 Å². The van der Waals surface area contributed by atoms with Crippen LogP contribution in [0.15, 0.2) is 96.1 Å². The highest BCUT2D eigenvalue weighted by Gasteiger charge is 2.39. The van der Waals surface area contributed by atoms with E-state index in [0.29, 0.717) is 11.1 Å². The van der Waals surface area contributed by atoms with E-state index in [9.17, 15) is 14.3 Å². The normalized spacial score (nSPS) is 11.6. The first kappa shape index (κ1) is 22.2. The number of nitrogens with zero attached hydrogens (tertiary/aromatic N) is 2. The van der Waals surface area contributed by atoms with Crippen LogP contribution in [-0.4, -0.2) is 21.8 Å². The number of aromatic nitrogens is 1. The summed E-state index contributed by atoms with van der Waals surface area (Å²) in [4.78, 5) is 13.2. The molecule has 0 saturated carbocycles. The second-order valence-corrected chi connectivity index (χ2v) is 7.78. The monoisotopic (exact) mass is 441 g/mol. The Kier molecular flexibility index (Phi) is 6.20. The Bertz CT molecular complexity index is 1240. The minimum atomic E-state index is -1.90. The molecule has 0 aliphatic heterocycles. The van der Waals surface area contributed by atoms with Gasteiger partial charge in [-0.05, 0) is 55.3 Å². The van der Waals surface area contributed by atoms with E-state index in [1.165, 1.54) is 18.3 Å². The molecule has 0 unspecified atom stereocenters. The van der Waals surface area contributed by atoms with Crippen LogP contribution in [0.3, 0.4) is 0 Å². The maximum atomic E-state index is 13.3. The first-order valence-corrected chi connectivity index (χ1v) is 10.5. The van der Waals surface area contributed by atoms with Crippen molar-refractivity contribution < 1.29 is 14.3 Å². The number of halogens is 1. The quantitative estimate of drug-likeness (QED) is 0.339. The summed E-state index contributed by atoms with van der Waals surface area (Å²) in [7, 11) is 0. The lowest BCUT2D eigenvalue weighted by Gasteiger charge is -2.27. The number of nitrogens with one attached hydrogen (secondary N) is 1. The molecule has 0 atom stereocenters. The highest BCUT2D eigenvalue weighted by Crippen LogP contribution is 2.30. The van der Waals surface area contributed by atoms with Gasteiger partial charge >= 0.3 is 0 Å². The second kappa shape index (κ2) is 9.22. The fourth-order valence-corrected chi connectivity index (χ4v) is 3.93. The molecule has 0 saturated heterocycles. The van der Waals surface area contributed by atoms with Gasteiger partial charge in [0.1, 0.15) is 5.82 Å². The Labute approximate surface area is 191 Å². The molecule has 3 aromatic carbocycles. The van der Waals surface area contributed by atoms with Crippen LogP contribution in [0.25, 0.3) is 5.69 Å². The highest BCUT2D eigenvalue weighted by molar-refractivity contribution is 5.91. The van der Waals surface area contributed by atoms with E-state index in [1.54, 1.807) is 60.7 Å². The van der Waals surface area contributed by atoms with Gasteiger partial charge in [0, 0.05) is 22.6 Å². The van der Waals surface area contributed by atoms with Gasteiger partial charge in [-0.2, -0.15) is 5.10 Å². The van der Waals surface area contributed by atoms with Crippen molar-refractivity contribution in [3.63, 3.8) is 0 Å². The summed E-state index contributed by atoms with van der Waals surface area (Å²) in [5.41, 5.74) is 4.93. The smallest absolute Gasteiger partial charge is 0.281 e. The lowest BCUT2D eigenvalue weighted by Crippen LogP contribution is -2.43. The lowest BCUT2D eigenvalue weighted by atomic mass is 9.85. The fourth-order valence-electron chi connectivity index (χ4n) is 3.93. The van der Waals surface area contributed by atoms with Crippen LogP contribution in [0.5, 0.6) is 0 Å². The molecule has 0 aliphatic rings. The van der Waals surface area contributed by atoms with E-state index in [-0.39, 0.29) is 5.82 Å². The molecular formula is C27H24FN3O2. The first-order chi connectivity index (χ1) is 15.9. The van der Waals surface area contributed by atoms with Crippen LogP contribution in [0.1, 0.15) is 28.1 Å². The molecule has 5 nitrogen and oxygen atoms in total. The van der Waals surface area contributed by atoms with Crippen molar-refractivity contribution in [2.75, 3.05) is 0 Å². The molecule has 0 aliphatic carbocycles. The molecule has 1 amide bonds. The largest absolute Gasteiger partial charge is 0.372 e. The van der Waals surface area contributed by atoms with Gasteiger partial charge in [-0.1, -0.05) is 60.7 Å². The minimum Gasteiger partial charge on any atom is -0.372 e. The Morgan fingerprint density at radius 2 is 1.48 bits per heavy atom. The summed E-state index contributed by atoms with van der Waals surface area (Å²) < 4.78 is 15.3. The zero-order valence-corrected chi connectivity index (χ0v) is 18.4. The summed E-state index contributed by atoms with van der Waals surface area (Å²) >= 11 is 0. The van der Waals surface area contributed by atoms with E-state index >= 15 is 0 Å². The third kappa shape index (κ3) is 4.33. The first-order valence-electron chi connectivity index (χ1n) is 10.5. The Hall–Kier alpha value is -4.03. The summed E-state index contributed by atoms with van der Waals surface area (Å²) in [6, 6.07) is 25.7. The van der Waals surface area contributed by atoms with Gasteiger partial charge in [0.05, 0.1) is 6.21 Å². The van der Waals surface area contributed by atoms with E-state index in [2.05, 4.69) is 10.5 Å². The molecule has 0 spiro atoms. The van der Waals surface area contributed by atoms with Gasteiger partial charge in [-0.3, -0.25) is 4.79 Å². The third-order valence-electron chi connectivity index (χ3n) is 5.64. The number of amides is 1. The number of aryl methyl sites for hydroxylation is 1. The number of rotatable bonds is 6. The summed E-state index contributed by atoms with van der Waals surface area (Å²) in [5, 5.41) is 15.6. The average molecular weight is 442 g/mol. The van der Waals surface area contributed by atoms with Crippen LogP contribution in [0.2, 0.25) is 0 Å². The molecule has 166 valence electrons. The van der Waals surface area contributed by atoms with E-state index in [1.807, 2.05) is 36.6 Å². The molecule has 2 N–H and O–H groups in total. The number of hydrogen-bond donors (Lipinski definition) is 2. The van der Waals surface area contributed by atoms with Gasteiger partial charge in [0.2, 0.25) is 0 Å². The molecule has 6 heteroatoms. The number of hydrogen-bond acceptors (Lipinski definition) is 3. The topological polar surface area (TPSA) is 66.6 Å². The zero-order chi connectivity index (χ0) is 23.4. The standard InChI is InChI=1S/C27H24FN3O2/c1-19-17-21(20(2)31(19)25-15-13-24(28)14-16-25)18-29-30-26(32)27(33,22-9-5-3-6-10-22)23-11-7-4-8-12-23/h3-18,33H,1-2H3,(H,30,32)/b29-18-. The highest BCUT2D eigenvalue weighted by atomic mass is 19.1. The predicted octanol–water partition coefficient (Wildman–Crippen LogP) is 4.62. The number of carbonyl (C=O) groups is 1. The van der Waals surface area contributed by atoms with E-state index < -0.39 is 11.5 Å². The average Bonchev–Trinajstić information content (AvgIpc) is 3.13. The van der Waals surface area contributed by atoms with Crippen molar-refractivity contribution in [2.24, 2.45) is 5.10 Å². The van der Waals surface area contributed by atoms with Crippen molar-refractivity contribution in [1.29, 1.82) is 0 Å². The van der Waals surface area contributed by atoms with Crippen molar-refractivity contribution in [3.8, 4) is 5.69 Å². The Morgan fingerprint density at radius 3 is 2.03 bits per heavy atom. The Morgan fingerprint density at radius 1 is 0.939 bits per heavy atom. The van der Waals surface area contributed by atoms with Crippen LogP contribution >= 0.6 is 0 Å². The third-order valence-corrected chi connectivity index (χ3v) is 5.64. The van der Waals surface area contributed by atoms with E-state index in [4.69, 9.17) is 0 Å². The number of benzene rings is 3. The predicted molar refractivity (Wildman–Crippen MR) is 127 cm³/mol. The van der Waals surface area contributed by atoms with Gasteiger partial charge in [-0.15, -0.1) is 0 Å². The molecule has 4 rings (SSSR count). The maximum Gasteiger partial charge on any atom is 0.281 e. The lowest BCUT2D eigenvalue weighted by molar-refractivity contribution is -0.136. The van der Waals surface area contributed by atoms with Gasteiger partial charge < -0.3 is 9.67 Å². The molecule has 4 aromatic rings. The summed E-state index contributed by atoms with van der Waals surface area (Å²) in [5.74, 6) is -0.960. The molecule has 0 bridgehead atoms. The maximum absolute atomic E-state index is 13.3. The van der Waals surface area contributed by atoms with Gasteiger partial charge in [-0.25, -0.2) is 9.82 Å². The molecule has 0 fully saturated rings. The molecule has 1 heterocycles. The summed E-state index contributed by atoms with van der Waals surface area (Å²) in [6.07, 6.45) is 1.54. The number of hydrazone groups is 1. The zero-order valence-electron chi connectivity index (χ0n) is 18.4. The number of aliphatic hydroxyl groups is 1. The molecular weight excluding hydrogens is 417 g/mol. The Balaban J connectivity index is 1.61. The van der Waals surface area contributed by atoms with Crippen LogP contribution < -0.4 is 5.43 Å². The van der Waals surface area contributed by atoms with Gasteiger partial charge in [0.15, 0.2) is 5.60 Å². The fraction of sp³-hybridized carbons (Fsp3) is 0.111. The molecule has 33 heavy (non-hydrogen) atoms. The van der Waals surface area contributed by atoms with Crippen LogP contribution in [0, 0.1) is 19.7 Å². The van der Waals surface area contributed by atoms with Crippen molar-refractivity contribution in [2.45, 2.75) is 19.4 Å². The molecule has 1 aromatic heterocycles. The van der Waals surface area contributed by atoms with Crippen LogP contribution in [-0.2, 0) is 10.4 Å². The van der Waals surface area contributed by atoms with E-state index in [0.717, 1.165) is 22.6 Å². The van der Waals surface area contributed by atoms with Crippen molar-refractivity contribution in [1.82, 2.24) is 9.99 Å². The van der Waals surface area contributed by atoms with Gasteiger partial charge in [0.25, 0.3) is 5.91 Å². The van der Waals surface area contributed by atoms with Crippen LogP contribution in [0.4, 0.5) is 4.39 Å². The van der Waals surface area contributed by atoms with Crippen molar-refractivity contribution >= 4 is 12.1 Å². The summed E-state index contributed by atoms with van der Waals surface area (Å²) in [6.45, 7) is 3.86. The second-order valence-electron chi connectivity index (χ2n) is 7.78.